The molecule has 0 aliphatic rings. The molecule has 0 fully saturated rings. The van der Waals surface area contributed by atoms with Crippen molar-refractivity contribution in [2.24, 2.45) is 0 Å². The average molecular weight is 303 g/mol. The number of carbonyl (C=O) groups excluding carboxylic acids is 1. The number of rotatable bonds is 6. The third kappa shape index (κ3) is 3.85. The Kier molecular flexibility index (Phi) is 5.16. The lowest BCUT2D eigenvalue weighted by Gasteiger charge is -2.12. The van der Waals surface area contributed by atoms with E-state index in [-0.39, 0.29) is 23.2 Å². The van der Waals surface area contributed by atoms with Gasteiger partial charge in [0.05, 0.1) is 5.69 Å². The monoisotopic (exact) mass is 303 g/mol. The van der Waals surface area contributed by atoms with E-state index in [9.17, 15) is 9.59 Å². The summed E-state index contributed by atoms with van der Waals surface area (Å²) in [6.07, 6.45) is 0.713. The van der Waals surface area contributed by atoms with Crippen LogP contribution in [0.15, 0.2) is 35.1 Å². The van der Waals surface area contributed by atoms with Gasteiger partial charge in [0.15, 0.2) is 0 Å². The first-order valence-electron chi connectivity index (χ1n) is 7.20. The molecule has 0 saturated heterocycles. The highest BCUT2D eigenvalue weighted by molar-refractivity contribution is 5.92. The number of nitrogens with zero attached hydrogens (tertiary/aromatic N) is 1. The van der Waals surface area contributed by atoms with Gasteiger partial charge in [-0.3, -0.25) is 14.7 Å². The van der Waals surface area contributed by atoms with Crippen molar-refractivity contribution in [2.75, 3.05) is 13.7 Å². The number of aromatic amines is 1. The van der Waals surface area contributed by atoms with Gasteiger partial charge in [0.1, 0.15) is 5.69 Å². The Morgan fingerprint density at radius 3 is 2.68 bits per heavy atom. The Morgan fingerprint density at radius 2 is 2.05 bits per heavy atom. The van der Waals surface area contributed by atoms with E-state index in [1.165, 1.54) is 10.7 Å². The summed E-state index contributed by atoms with van der Waals surface area (Å²) in [6.45, 7) is 4.44. The van der Waals surface area contributed by atoms with E-state index in [0.717, 1.165) is 5.56 Å². The Labute approximate surface area is 129 Å². The van der Waals surface area contributed by atoms with Gasteiger partial charge in [0, 0.05) is 25.8 Å². The number of aryl methyl sites for hydroxylation is 1. The second-order valence-electron chi connectivity index (χ2n) is 5.33. The minimum atomic E-state index is -0.299. The molecule has 0 spiro atoms. The number of aromatic nitrogens is 2. The van der Waals surface area contributed by atoms with Crippen LogP contribution < -0.4 is 10.9 Å². The van der Waals surface area contributed by atoms with Crippen LogP contribution in [0.25, 0.3) is 5.69 Å². The molecule has 0 bridgehead atoms. The van der Waals surface area contributed by atoms with Crippen LogP contribution in [0.4, 0.5) is 0 Å². The van der Waals surface area contributed by atoms with Gasteiger partial charge in [0.25, 0.3) is 11.5 Å². The maximum atomic E-state index is 12.1. The highest BCUT2D eigenvalue weighted by Crippen LogP contribution is 2.07. The second kappa shape index (κ2) is 7.09. The quantitative estimate of drug-likeness (QED) is 0.851. The molecule has 1 amide bonds. The average Bonchev–Trinajstić information content (AvgIpc) is 2.88. The van der Waals surface area contributed by atoms with E-state index in [2.05, 4.69) is 10.4 Å². The number of carbonyl (C=O) groups is 1. The summed E-state index contributed by atoms with van der Waals surface area (Å²) in [5, 5.41) is 5.67. The van der Waals surface area contributed by atoms with Gasteiger partial charge in [-0.1, -0.05) is 17.7 Å². The van der Waals surface area contributed by atoms with Gasteiger partial charge < -0.3 is 10.1 Å². The van der Waals surface area contributed by atoms with E-state index >= 15 is 0 Å². The molecule has 118 valence electrons. The van der Waals surface area contributed by atoms with Crippen LogP contribution in [0.1, 0.15) is 29.4 Å². The first-order valence-corrected chi connectivity index (χ1v) is 7.20. The molecular weight excluding hydrogens is 282 g/mol. The van der Waals surface area contributed by atoms with Crippen molar-refractivity contribution in [3.8, 4) is 5.69 Å². The standard InChI is InChI=1S/C16H21N3O3/c1-11-4-6-13(7-5-11)19-15(20)10-14(18-19)16(21)17-12(2)8-9-22-3/h4-7,10,12,18H,8-9H2,1-3H3,(H,17,21). The molecule has 1 aromatic heterocycles. The van der Waals surface area contributed by atoms with Crippen molar-refractivity contribution in [1.82, 2.24) is 15.1 Å². The molecule has 0 radical (unpaired) electrons. The summed E-state index contributed by atoms with van der Waals surface area (Å²) < 4.78 is 6.33. The van der Waals surface area contributed by atoms with Gasteiger partial charge in [0.2, 0.25) is 0 Å². The summed E-state index contributed by atoms with van der Waals surface area (Å²) in [5.74, 6) is -0.299. The van der Waals surface area contributed by atoms with Crippen LogP contribution in [0.3, 0.4) is 0 Å². The van der Waals surface area contributed by atoms with Gasteiger partial charge in [-0.05, 0) is 32.4 Å². The molecule has 0 saturated carbocycles. The molecule has 22 heavy (non-hydrogen) atoms. The van der Waals surface area contributed by atoms with Crippen molar-refractivity contribution < 1.29 is 9.53 Å². The fraction of sp³-hybridized carbons (Fsp3) is 0.375. The van der Waals surface area contributed by atoms with Crippen molar-refractivity contribution in [3.63, 3.8) is 0 Å². The van der Waals surface area contributed by atoms with Crippen LogP contribution >= 0.6 is 0 Å². The lowest BCUT2D eigenvalue weighted by Crippen LogP contribution is -2.33. The normalized spacial score (nSPS) is 12.1. The fourth-order valence-electron chi connectivity index (χ4n) is 2.07. The van der Waals surface area contributed by atoms with E-state index in [4.69, 9.17) is 4.74 Å². The third-order valence-electron chi connectivity index (χ3n) is 3.39. The Balaban J connectivity index is 2.14. The minimum absolute atomic E-state index is 0.0290. The Morgan fingerprint density at radius 1 is 1.36 bits per heavy atom. The van der Waals surface area contributed by atoms with Crippen LogP contribution in [-0.2, 0) is 4.74 Å². The molecule has 0 aliphatic carbocycles. The zero-order chi connectivity index (χ0) is 16.1. The van der Waals surface area contributed by atoms with E-state index in [0.29, 0.717) is 18.7 Å². The smallest absolute Gasteiger partial charge is 0.271 e. The van der Waals surface area contributed by atoms with Crippen LogP contribution in [0, 0.1) is 6.92 Å². The van der Waals surface area contributed by atoms with Crippen molar-refractivity contribution in [2.45, 2.75) is 26.3 Å². The SMILES string of the molecule is COCCC(C)NC(=O)c1cc(=O)n(-c2ccc(C)cc2)[nH]1. The summed E-state index contributed by atoms with van der Waals surface area (Å²) in [4.78, 5) is 24.2. The molecule has 2 aromatic rings. The van der Waals surface area contributed by atoms with Crippen LogP contribution in [0.2, 0.25) is 0 Å². The number of ether oxygens (including phenoxy) is 1. The zero-order valence-electron chi connectivity index (χ0n) is 13.1. The Bertz CT molecular complexity index is 685. The third-order valence-corrected chi connectivity index (χ3v) is 3.39. The highest BCUT2D eigenvalue weighted by Gasteiger charge is 2.14. The first kappa shape index (κ1) is 16.0. The number of benzene rings is 1. The highest BCUT2D eigenvalue weighted by atomic mass is 16.5. The maximum Gasteiger partial charge on any atom is 0.271 e. The summed E-state index contributed by atoms with van der Waals surface area (Å²) in [7, 11) is 1.62. The number of nitrogens with one attached hydrogen (secondary N) is 2. The second-order valence-corrected chi connectivity index (χ2v) is 5.33. The van der Waals surface area contributed by atoms with Crippen molar-refractivity contribution >= 4 is 5.91 Å². The number of H-pyrrole nitrogens is 1. The number of hydrogen-bond donors (Lipinski definition) is 2. The lowest BCUT2D eigenvalue weighted by molar-refractivity contribution is 0.0924. The predicted molar refractivity (Wildman–Crippen MR) is 84.5 cm³/mol. The molecule has 1 heterocycles. The van der Waals surface area contributed by atoms with Gasteiger partial charge in [-0.2, -0.15) is 0 Å². The summed E-state index contributed by atoms with van der Waals surface area (Å²) in [5.41, 5.74) is 1.78. The molecule has 2 N–H and O–H groups in total. The van der Waals surface area contributed by atoms with E-state index < -0.39 is 0 Å². The lowest BCUT2D eigenvalue weighted by atomic mass is 10.2. The number of hydrogen-bond acceptors (Lipinski definition) is 3. The predicted octanol–water partition coefficient (Wildman–Crippen LogP) is 1.63. The van der Waals surface area contributed by atoms with Crippen molar-refractivity contribution in [3.05, 3.63) is 51.9 Å². The number of methoxy groups -OCH3 is 1. The van der Waals surface area contributed by atoms with E-state index in [1.54, 1.807) is 7.11 Å². The van der Waals surface area contributed by atoms with Crippen LogP contribution in [-0.4, -0.2) is 35.4 Å². The van der Waals surface area contributed by atoms with E-state index in [1.807, 2.05) is 38.1 Å². The van der Waals surface area contributed by atoms with Gasteiger partial charge in [-0.15, -0.1) is 0 Å². The molecule has 1 atom stereocenters. The van der Waals surface area contributed by atoms with Gasteiger partial charge >= 0.3 is 0 Å². The largest absolute Gasteiger partial charge is 0.385 e. The summed E-state index contributed by atoms with van der Waals surface area (Å²) in [6, 6.07) is 8.76. The zero-order valence-corrected chi connectivity index (χ0v) is 13.1. The topological polar surface area (TPSA) is 76.1 Å². The first-order chi connectivity index (χ1) is 10.5. The number of amides is 1. The minimum Gasteiger partial charge on any atom is -0.385 e. The molecular formula is C16H21N3O3. The van der Waals surface area contributed by atoms with Crippen molar-refractivity contribution in [1.29, 1.82) is 0 Å². The molecule has 2 rings (SSSR count). The fourth-order valence-corrected chi connectivity index (χ4v) is 2.07. The Hall–Kier alpha value is -2.34. The molecule has 6 heteroatoms. The molecule has 6 nitrogen and oxygen atoms in total. The van der Waals surface area contributed by atoms with Crippen LogP contribution in [0.5, 0.6) is 0 Å². The molecule has 1 unspecified atom stereocenters. The molecule has 0 aliphatic heterocycles. The molecule has 1 aromatic carbocycles. The van der Waals surface area contributed by atoms with Gasteiger partial charge in [-0.25, -0.2) is 4.68 Å². The summed E-state index contributed by atoms with van der Waals surface area (Å²) >= 11 is 0. The maximum absolute atomic E-state index is 12.1.